The van der Waals surface area contributed by atoms with Gasteiger partial charge in [0.25, 0.3) is 12.5 Å². The fraction of sp³-hybridized carbons (Fsp3) is 0.0571. The second kappa shape index (κ2) is 7.65. The van der Waals surface area contributed by atoms with Gasteiger partial charge in [-0.2, -0.15) is 0 Å². The lowest BCUT2D eigenvalue weighted by Gasteiger charge is -2.33. The maximum atomic E-state index is 6.66. The molecule has 3 N–H and O–H groups in total. The number of rotatable bonds is 1. The van der Waals surface area contributed by atoms with Crippen LogP contribution in [0.3, 0.4) is 0 Å². The molecule has 3 aromatic heterocycles. The summed E-state index contributed by atoms with van der Waals surface area (Å²) in [5.41, 5.74) is 12.1. The Labute approximate surface area is 240 Å². The molecule has 8 aromatic rings. The number of benzene rings is 5. The second-order valence-corrected chi connectivity index (χ2v) is 11.6. The normalized spacial score (nSPS) is 13.3. The standard InChI is InChI=1S/C35H23BN4O2/c1-18-12-31-22(13-20(18)35-37-10-11-40(35)2)23-15-33-25(16-32(23)42-31)36-24-14-21-19-6-3-4-7-26(19)38-28(21)17-29(24)39-27-8-5-9-30(41-33)34(27)36/h3-17,38-39H,1-2H3/p+1. The van der Waals surface area contributed by atoms with Crippen molar-refractivity contribution in [3.63, 3.8) is 0 Å². The monoisotopic (exact) mass is 543 g/mol. The number of anilines is 2. The molecule has 5 aromatic carbocycles. The summed E-state index contributed by atoms with van der Waals surface area (Å²) in [6.45, 7) is 2.15. The molecule has 2 aliphatic rings. The van der Waals surface area contributed by atoms with E-state index in [1.54, 1.807) is 0 Å². The number of hydrogen-bond donors (Lipinski definition) is 3. The number of aromatic nitrogens is 3. The van der Waals surface area contributed by atoms with Crippen molar-refractivity contribution in [3.05, 3.63) is 96.8 Å². The van der Waals surface area contributed by atoms with Gasteiger partial charge in [-0.05, 0) is 77.4 Å². The Morgan fingerprint density at radius 3 is 2.52 bits per heavy atom. The average molecular weight is 543 g/mol. The lowest BCUT2D eigenvalue weighted by Crippen LogP contribution is -2.58. The summed E-state index contributed by atoms with van der Waals surface area (Å²) in [4.78, 5) is 6.99. The van der Waals surface area contributed by atoms with E-state index in [0.29, 0.717) is 0 Å². The van der Waals surface area contributed by atoms with Crippen LogP contribution in [0.4, 0.5) is 11.4 Å². The molecule has 0 bridgehead atoms. The molecule has 198 valence electrons. The maximum Gasteiger partial charge on any atom is 0.286 e. The zero-order valence-electron chi connectivity index (χ0n) is 23.0. The van der Waals surface area contributed by atoms with E-state index in [9.17, 15) is 0 Å². The first-order valence-corrected chi connectivity index (χ1v) is 14.3. The number of para-hydroxylation sites is 1. The molecule has 5 heterocycles. The molecule has 10 rings (SSSR count). The summed E-state index contributed by atoms with van der Waals surface area (Å²) < 4.78 is 15.3. The Bertz CT molecular complexity index is 2470. The molecule has 7 heteroatoms. The second-order valence-electron chi connectivity index (χ2n) is 11.6. The van der Waals surface area contributed by atoms with Crippen LogP contribution in [0.2, 0.25) is 0 Å². The molecular weight excluding hydrogens is 519 g/mol. The smallest absolute Gasteiger partial charge is 0.286 e. The van der Waals surface area contributed by atoms with E-state index >= 15 is 0 Å². The highest BCUT2D eigenvalue weighted by Gasteiger charge is 2.39. The minimum atomic E-state index is 0.0159. The third kappa shape index (κ3) is 2.82. The first-order valence-electron chi connectivity index (χ1n) is 14.3. The molecule has 0 saturated heterocycles. The lowest BCUT2D eigenvalue weighted by atomic mass is 9.34. The van der Waals surface area contributed by atoms with Gasteiger partial charge in [0.2, 0.25) is 0 Å². The van der Waals surface area contributed by atoms with E-state index in [4.69, 9.17) is 9.15 Å². The van der Waals surface area contributed by atoms with Gasteiger partial charge >= 0.3 is 0 Å². The van der Waals surface area contributed by atoms with Gasteiger partial charge in [0.05, 0.1) is 12.6 Å². The van der Waals surface area contributed by atoms with Crippen LogP contribution in [0.5, 0.6) is 11.5 Å². The molecule has 2 aliphatic heterocycles. The molecule has 0 radical (unpaired) electrons. The summed E-state index contributed by atoms with van der Waals surface area (Å²) in [6, 6.07) is 28.1. The van der Waals surface area contributed by atoms with Crippen molar-refractivity contribution in [2.24, 2.45) is 7.05 Å². The minimum Gasteiger partial charge on any atom is -0.458 e. The molecule has 0 saturated carbocycles. The lowest BCUT2D eigenvalue weighted by molar-refractivity contribution is -0.658. The van der Waals surface area contributed by atoms with Crippen LogP contribution in [0.25, 0.3) is 55.1 Å². The zero-order chi connectivity index (χ0) is 27.7. The van der Waals surface area contributed by atoms with E-state index in [2.05, 4.69) is 113 Å². The quantitative estimate of drug-likeness (QED) is 0.175. The number of fused-ring (bicyclic) bond motifs is 10. The number of nitrogens with one attached hydrogen (secondary N) is 3. The third-order valence-corrected chi connectivity index (χ3v) is 9.22. The highest BCUT2D eigenvalue weighted by molar-refractivity contribution is 6.99. The van der Waals surface area contributed by atoms with Gasteiger partial charge in [-0.15, -0.1) is 0 Å². The van der Waals surface area contributed by atoms with Crippen LogP contribution in [0.1, 0.15) is 5.56 Å². The number of imidazole rings is 1. The average Bonchev–Trinajstić information content (AvgIpc) is 3.68. The van der Waals surface area contributed by atoms with Crippen molar-refractivity contribution in [1.82, 2.24) is 9.97 Å². The van der Waals surface area contributed by atoms with Crippen molar-refractivity contribution in [2.45, 2.75) is 6.92 Å². The van der Waals surface area contributed by atoms with E-state index in [1.807, 2.05) is 12.4 Å². The fourth-order valence-electron chi connectivity index (χ4n) is 7.25. The van der Waals surface area contributed by atoms with Crippen LogP contribution in [0, 0.1) is 6.92 Å². The summed E-state index contributed by atoms with van der Waals surface area (Å²) in [7, 11) is 2.06. The number of aromatic amines is 2. The number of ether oxygens (including phenoxy) is 1. The Morgan fingerprint density at radius 2 is 1.62 bits per heavy atom. The molecule has 0 amide bonds. The fourth-order valence-corrected chi connectivity index (χ4v) is 7.25. The van der Waals surface area contributed by atoms with Gasteiger partial charge in [0.1, 0.15) is 35.1 Å². The maximum absolute atomic E-state index is 6.66. The number of aryl methyl sites for hydroxylation is 2. The molecule has 0 unspecified atom stereocenters. The van der Waals surface area contributed by atoms with Gasteiger partial charge in [0, 0.05) is 44.0 Å². The van der Waals surface area contributed by atoms with E-state index < -0.39 is 0 Å². The molecule has 0 fully saturated rings. The van der Waals surface area contributed by atoms with Crippen LogP contribution >= 0.6 is 0 Å². The highest BCUT2D eigenvalue weighted by Crippen LogP contribution is 2.39. The predicted molar refractivity (Wildman–Crippen MR) is 170 cm³/mol. The van der Waals surface area contributed by atoms with Gasteiger partial charge in [0.15, 0.2) is 0 Å². The van der Waals surface area contributed by atoms with Crippen molar-refractivity contribution < 1.29 is 13.7 Å². The highest BCUT2D eigenvalue weighted by atomic mass is 16.5. The van der Waals surface area contributed by atoms with E-state index in [0.717, 1.165) is 78.3 Å². The molecule has 6 nitrogen and oxygen atoms in total. The van der Waals surface area contributed by atoms with Crippen molar-refractivity contribution in [3.8, 4) is 22.9 Å². The molecule has 0 spiro atoms. The van der Waals surface area contributed by atoms with Crippen LogP contribution in [-0.2, 0) is 7.05 Å². The van der Waals surface area contributed by atoms with Crippen LogP contribution in [0.15, 0.2) is 95.7 Å². The number of nitrogens with zero attached hydrogens (tertiary/aromatic N) is 1. The predicted octanol–water partition coefficient (Wildman–Crippen LogP) is 6.03. The Hall–Kier alpha value is -5.43. The molecule has 0 atom stereocenters. The number of furan rings is 1. The van der Waals surface area contributed by atoms with Crippen LogP contribution in [-0.4, -0.2) is 16.7 Å². The van der Waals surface area contributed by atoms with Gasteiger partial charge in [-0.1, -0.05) is 30.3 Å². The Balaban J connectivity index is 1.24. The number of H-pyrrole nitrogens is 2. The summed E-state index contributed by atoms with van der Waals surface area (Å²) in [5, 5.41) is 8.30. The van der Waals surface area contributed by atoms with Crippen molar-refractivity contribution in [2.75, 3.05) is 5.32 Å². The van der Waals surface area contributed by atoms with Crippen molar-refractivity contribution in [1.29, 1.82) is 0 Å². The van der Waals surface area contributed by atoms with Crippen molar-refractivity contribution >= 4 is 78.2 Å². The molecular formula is C35H24BN4O2+. The van der Waals surface area contributed by atoms with Gasteiger partial charge < -0.3 is 19.5 Å². The van der Waals surface area contributed by atoms with Crippen LogP contribution < -0.4 is 31.0 Å². The zero-order valence-corrected chi connectivity index (χ0v) is 23.0. The number of hydrogen-bond acceptors (Lipinski definition) is 3. The molecule has 42 heavy (non-hydrogen) atoms. The van der Waals surface area contributed by atoms with Gasteiger partial charge in [-0.25, -0.2) is 9.55 Å². The summed E-state index contributed by atoms with van der Waals surface area (Å²) in [6.07, 6.45) is 3.99. The SMILES string of the molecule is Cc1cc2oc3cc4c(cc3c2cc1-c1[nH]cc[n+]1C)Oc1cccc2c1B4c1cc3c(cc1N2)[nH]c1ccccc13. The summed E-state index contributed by atoms with van der Waals surface area (Å²) >= 11 is 0. The Morgan fingerprint density at radius 1 is 0.738 bits per heavy atom. The minimum absolute atomic E-state index is 0.0159. The first kappa shape index (κ1) is 22.3. The van der Waals surface area contributed by atoms with Gasteiger partial charge in [-0.3, -0.25) is 0 Å². The van der Waals surface area contributed by atoms with E-state index in [1.165, 1.54) is 21.7 Å². The first-order chi connectivity index (χ1) is 20.6. The third-order valence-electron chi connectivity index (χ3n) is 9.22. The summed E-state index contributed by atoms with van der Waals surface area (Å²) in [5.74, 6) is 2.83. The largest absolute Gasteiger partial charge is 0.458 e. The van der Waals surface area contributed by atoms with E-state index in [-0.39, 0.29) is 6.71 Å². The molecule has 0 aliphatic carbocycles. The Kier molecular flexibility index (Phi) is 4.06. The topological polar surface area (TPSA) is 69.9 Å².